The van der Waals surface area contributed by atoms with Crippen molar-refractivity contribution < 1.29 is 18.0 Å². The molecular weight excluding hydrogens is 257 g/mol. The summed E-state index contributed by atoms with van der Waals surface area (Å²) < 4.78 is 39.7. The van der Waals surface area contributed by atoms with Crippen LogP contribution in [0.3, 0.4) is 0 Å². The van der Waals surface area contributed by atoms with E-state index in [1.54, 1.807) is 0 Å². The van der Waals surface area contributed by atoms with Crippen LogP contribution in [0.15, 0.2) is 0 Å². The van der Waals surface area contributed by atoms with E-state index in [0.717, 1.165) is 11.3 Å². The molecule has 1 amide bonds. The number of carbonyl (C=O) groups excluding carboxylic acids is 1. The van der Waals surface area contributed by atoms with Crippen molar-refractivity contribution in [2.75, 3.05) is 0 Å². The monoisotopic (exact) mass is 278 g/mol. The standard InChI is InChI=1S/C13H21F3N2O/c1-4-5-9-11(19)18(10(17-9)8(2)3)12(6-7-12)13(14,15)16/h8-10,17H,4-7H2,1-3H3. The van der Waals surface area contributed by atoms with Crippen LogP contribution in [-0.2, 0) is 4.79 Å². The zero-order valence-corrected chi connectivity index (χ0v) is 11.5. The Kier molecular flexibility index (Phi) is 3.58. The normalized spacial score (nSPS) is 30.3. The van der Waals surface area contributed by atoms with E-state index in [4.69, 9.17) is 0 Å². The van der Waals surface area contributed by atoms with Crippen LogP contribution in [0.1, 0.15) is 46.5 Å². The Balaban J connectivity index is 2.29. The fourth-order valence-corrected chi connectivity index (χ4v) is 2.90. The highest BCUT2D eigenvalue weighted by molar-refractivity contribution is 5.85. The van der Waals surface area contributed by atoms with Gasteiger partial charge in [-0.2, -0.15) is 13.2 Å². The van der Waals surface area contributed by atoms with Crippen LogP contribution in [0.2, 0.25) is 0 Å². The van der Waals surface area contributed by atoms with Gasteiger partial charge in [-0.1, -0.05) is 27.2 Å². The van der Waals surface area contributed by atoms with Crippen LogP contribution in [0.5, 0.6) is 0 Å². The molecule has 1 N–H and O–H groups in total. The number of rotatable bonds is 4. The van der Waals surface area contributed by atoms with Crippen LogP contribution in [0.4, 0.5) is 13.2 Å². The van der Waals surface area contributed by atoms with E-state index >= 15 is 0 Å². The maximum atomic E-state index is 13.2. The molecule has 6 heteroatoms. The summed E-state index contributed by atoms with van der Waals surface area (Å²) in [4.78, 5) is 13.4. The molecule has 1 saturated carbocycles. The summed E-state index contributed by atoms with van der Waals surface area (Å²) in [7, 11) is 0. The second-order valence-corrected chi connectivity index (χ2v) is 5.93. The molecule has 2 unspecified atom stereocenters. The Morgan fingerprint density at radius 3 is 2.37 bits per heavy atom. The van der Waals surface area contributed by atoms with E-state index < -0.39 is 23.9 Å². The number of alkyl halides is 3. The second kappa shape index (κ2) is 4.65. The first-order valence-electron chi connectivity index (χ1n) is 6.90. The van der Waals surface area contributed by atoms with Crippen molar-refractivity contribution in [2.45, 2.75) is 70.4 Å². The fraction of sp³-hybridized carbons (Fsp3) is 0.923. The zero-order valence-electron chi connectivity index (χ0n) is 11.5. The van der Waals surface area contributed by atoms with Crippen LogP contribution < -0.4 is 5.32 Å². The third-order valence-electron chi connectivity index (χ3n) is 4.11. The molecule has 19 heavy (non-hydrogen) atoms. The Morgan fingerprint density at radius 1 is 1.42 bits per heavy atom. The minimum absolute atomic E-state index is 0.0337. The lowest BCUT2D eigenvalue weighted by Crippen LogP contribution is -2.55. The molecule has 110 valence electrons. The molecule has 2 fully saturated rings. The van der Waals surface area contributed by atoms with Gasteiger partial charge in [0.25, 0.3) is 0 Å². The third-order valence-corrected chi connectivity index (χ3v) is 4.11. The zero-order chi connectivity index (χ0) is 14.4. The van der Waals surface area contributed by atoms with Gasteiger partial charge in [0.15, 0.2) is 0 Å². The van der Waals surface area contributed by atoms with Gasteiger partial charge < -0.3 is 4.90 Å². The molecule has 3 nitrogen and oxygen atoms in total. The van der Waals surface area contributed by atoms with Crippen molar-refractivity contribution in [3.05, 3.63) is 0 Å². The maximum absolute atomic E-state index is 13.2. The van der Waals surface area contributed by atoms with E-state index in [1.165, 1.54) is 0 Å². The quantitative estimate of drug-likeness (QED) is 0.857. The van der Waals surface area contributed by atoms with Gasteiger partial charge in [-0.25, -0.2) is 0 Å². The summed E-state index contributed by atoms with van der Waals surface area (Å²) in [6.07, 6.45) is -3.41. The number of hydrogen-bond acceptors (Lipinski definition) is 2. The van der Waals surface area contributed by atoms with Crippen LogP contribution in [0.25, 0.3) is 0 Å². The van der Waals surface area contributed by atoms with E-state index in [1.807, 2.05) is 20.8 Å². The predicted molar refractivity (Wildman–Crippen MR) is 65.3 cm³/mol. The third kappa shape index (κ3) is 2.24. The molecule has 1 aliphatic carbocycles. The highest BCUT2D eigenvalue weighted by Gasteiger charge is 2.71. The molecule has 2 aliphatic rings. The molecule has 0 bridgehead atoms. The topological polar surface area (TPSA) is 32.3 Å². The van der Waals surface area contributed by atoms with E-state index in [-0.39, 0.29) is 24.7 Å². The molecule has 2 atom stereocenters. The summed E-state index contributed by atoms with van der Waals surface area (Å²) >= 11 is 0. The predicted octanol–water partition coefficient (Wildman–Crippen LogP) is 2.66. The minimum atomic E-state index is -4.33. The van der Waals surface area contributed by atoms with Crippen LogP contribution in [0, 0.1) is 5.92 Å². The number of halogens is 3. The summed E-state index contributed by atoms with van der Waals surface area (Å²) in [5, 5.41) is 3.09. The van der Waals surface area contributed by atoms with Crippen molar-refractivity contribution in [2.24, 2.45) is 5.92 Å². The molecule has 0 spiro atoms. The average molecular weight is 278 g/mol. The van der Waals surface area contributed by atoms with Gasteiger partial charge >= 0.3 is 6.18 Å². The van der Waals surface area contributed by atoms with Crippen molar-refractivity contribution in [3.63, 3.8) is 0 Å². The van der Waals surface area contributed by atoms with Crippen LogP contribution >= 0.6 is 0 Å². The van der Waals surface area contributed by atoms with Gasteiger partial charge in [0.05, 0.1) is 12.2 Å². The van der Waals surface area contributed by atoms with Crippen molar-refractivity contribution in [1.29, 1.82) is 0 Å². The molecule has 0 aromatic rings. The van der Waals surface area contributed by atoms with Gasteiger partial charge in [-0.3, -0.25) is 10.1 Å². The first kappa shape index (κ1) is 14.6. The van der Waals surface area contributed by atoms with Gasteiger partial charge in [0.1, 0.15) is 5.54 Å². The van der Waals surface area contributed by atoms with Gasteiger partial charge in [-0.15, -0.1) is 0 Å². The van der Waals surface area contributed by atoms with Gasteiger partial charge in [0, 0.05) is 0 Å². The number of nitrogens with zero attached hydrogens (tertiary/aromatic N) is 1. The van der Waals surface area contributed by atoms with Crippen molar-refractivity contribution in [1.82, 2.24) is 10.2 Å². The van der Waals surface area contributed by atoms with Crippen molar-refractivity contribution >= 4 is 5.91 Å². The largest absolute Gasteiger partial charge is 0.411 e. The molecule has 1 saturated heterocycles. The maximum Gasteiger partial charge on any atom is 0.411 e. The molecule has 1 heterocycles. The Bertz CT molecular complexity index is 363. The Morgan fingerprint density at radius 2 is 2.00 bits per heavy atom. The fourth-order valence-electron chi connectivity index (χ4n) is 2.90. The Labute approximate surface area is 111 Å². The van der Waals surface area contributed by atoms with Gasteiger partial charge in [0.2, 0.25) is 5.91 Å². The molecular formula is C13H21F3N2O. The summed E-state index contributed by atoms with van der Waals surface area (Å²) in [5.41, 5.74) is -1.91. The molecule has 0 radical (unpaired) electrons. The average Bonchev–Trinajstić information content (AvgIpc) is 3.02. The summed E-state index contributed by atoms with van der Waals surface area (Å²) in [5.74, 6) is -0.416. The number of carbonyl (C=O) groups is 1. The lowest BCUT2D eigenvalue weighted by Gasteiger charge is -2.36. The SMILES string of the molecule is CCCC1NC(C(C)C)N(C2(C(F)(F)F)CC2)C1=O. The second-order valence-electron chi connectivity index (χ2n) is 5.93. The van der Waals surface area contributed by atoms with Crippen LogP contribution in [-0.4, -0.2) is 34.7 Å². The lowest BCUT2D eigenvalue weighted by atomic mass is 10.1. The molecule has 2 rings (SSSR count). The highest BCUT2D eigenvalue weighted by Crippen LogP contribution is 2.55. The first-order chi connectivity index (χ1) is 8.74. The molecule has 1 aliphatic heterocycles. The highest BCUT2D eigenvalue weighted by atomic mass is 19.4. The molecule has 0 aromatic heterocycles. The number of amides is 1. The first-order valence-corrected chi connectivity index (χ1v) is 6.90. The smallest absolute Gasteiger partial charge is 0.311 e. The van der Waals surface area contributed by atoms with Crippen molar-refractivity contribution in [3.8, 4) is 0 Å². The van der Waals surface area contributed by atoms with E-state index in [0.29, 0.717) is 6.42 Å². The number of nitrogens with one attached hydrogen (secondary N) is 1. The summed E-state index contributed by atoms with van der Waals surface area (Å²) in [6, 6.07) is -0.461. The van der Waals surface area contributed by atoms with Gasteiger partial charge in [-0.05, 0) is 25.2 Å². The Hall–Kier alpha value is -0.780. The lowest BCUT2D eigenvalue weighted by molar-refractivity contribution is -0.204. The minimum Gasteiger partial charge on any atom is -0.311 e. The number of hydrogen-bond donors (Lipinski definition) is 1. The summed E-state index contributed by atoms with van der Waals surface area (Å²) in [6.45, 7) is 5.62. The van der Waals surface area contributed by atoms with E-state index in [9.17, 15) is 18.0 Å². The molecule has 0 aromatic carbocycles. The van der Waals surface area contributed by atoms with E-state index in [2.05, 4.69) is 5.32 Å².